The maximum absolute atomic E-state index is 11.1. The minimum Gasteiger partial charge on any atom is -0.391 e. The summed E-state index contributed by atoms with van der Waals surface area (Å²) in [4.78, 5) is 23.9. The van der Waals surface area contributed by atoms with Gasteiger partial charge in [0.15, 0.2) is 0 Å². The Kier molecular flexibility index (Phi) is 3.01. The Hall–Kier alpha value is -1.68. The number of hydrogen-bond acceptors (Lipinski definition) is 4. The molecule has 1 aromatic carbocycles. The lowest BCUT2D eigenvalue weighted by Crippen LogP contribution is -2.42. The van der Waals surface area contributed by atoms with Crippen molar-refractivity contribution in [3.63, 3.8) is 0 Å². The number of nitrogens with zero attached hydrogens (tertiary/aromatic N) is 1. The van der Waals surface area contributed by atoms with E-state index < -0.39 is 11.9 Å². The van der Waals surface area contributed by atoms with Crippen molar-refractivity contribution in [2.24, 2.45) is 0 Å². The molecule has 1 fully saturated rings. The third-order valence-corrected chi connectivity index (χ3v) is 2.42. The highest BCUT2D eigenvalue weighted by Crippen LogP contribution is 2.09. The van der Waals surface area contributed by atoms with Crippen LogP contribution in [0, 0.1) is 6.92 Å². The number of hydrogen-bond donors (Lipinski definition) is 0. The Balaban J connectivity index is 2.04. The molecule has 1 aromatic rings. The predicted molar refractivity (Wildman–Crippen MR) is 57.6 cm³/mol. The van der Waals surface area contributed by atoms with Crippen LogP contribution in [0.25, 0.3) is 0 Å². The fourth-order valence-electron chi connectivity index (χ4n) is 1.79. The highest BCUT2D eigenvalue weighted by Gasteiger charge is 2.24. The number of ether oxygens (including phenoxy) is 1. The average molecular weight is 219 g/mol. The Morgan fingerprint density at radius 2 is 1.94 bits per heavy atom. The van der Waals surface area contributed by atoms with Crippen molar-refractivity contribution in [1.82, 2.24) is 4.90 Å². The number of aryl methyl sites for hydroxylation is 1. The maximum Gasteiger partial charge on any atom is 0.327 e. The number of carbonyl (C=O) groups is 2. The van der Waals surface area contributed by atoms with Crippen LogP contribution in [0.15, 0.2) is 24.3 Å². The van der Waals surface area contributed by atoms with E-state index in [2.05, 4.69) is 4.74 Å². The van der Waals surface area contributed by atoms with Crippen LogP contribution in [0.1, 0.15) is 11.1 Å². The summed E-state index contributed by atoms with van der Waals surface area (Å²) in [6, 6.07) is 8.01. The molecule has 1 aliphatic rings. The third kappa shape index (κ3) is 2.67. The molecule has 16 heavy (non-hydrogen) atoms. The van der Waals surface area contributed by atoms with Crippen molar-refractivity contribution < 1.29 is 14.3 Å². The summed E-state index contributed by atoms with van der Waals surface area (Å²) in [5.74, 6) is -0.937. The summed E-state index contributed by atoms with van der Waals surface area (Å²) in [5.41, 5.74) is 2.27. The second kappa shape index (κ2) is 4.45. The summed E-state index contributed by atoms with van der Waals surface area (Å²) in [6.07, 6.45) is 0. The minimum atomic E-state index is -0.469. The highest BCUT2D eigenvalue weighted by atomic mass is 16.6. The van der Waals surface area contributed by atoms with Gasteiger partial charge in [0, 0.05) is 6.54 Å². The molecule has 2 rings (SSSR count). The van der Waals surface area contributed by atoms with Crippen LogP contribution >= 0.6 is 0 Å². The van der Waals surface area contributed by atoms with Crippen LogP contribution in [0.3, 0.4) is 0 Å². The van der Waals surface area contributed by atoms with Crippen molar-refractivity contribution in [2.45, 2.75) is 13.5 Å². The van der Waals surface area contributed by atoms with Gasteiger partial charge in [-0.05, 0) is 12.5 Å². The van der Waals surface area contributed by atoms with E-state index in [9.17, 15) is 9.59 Å². The third-order valence-electron chi connectivity index (χ3n) is 2.42. The maximum atomic E-state index is 11.1. The van der Waals surface area contributed by atoms with E-state index in [4.69, 9.17) is 0 Å². The van der Waals surface area contributed by atoms with Crippen LogP contribution in [0.4, 0.5) is 0 Å². The second-order valence-electron chi connectivity index (χ2n) is 3.98. The summed E-state index contributed by atoms with van der Waals surface area (Å²) < 4.78 is 4.46. The molecule has 4 heteroatoms. The van der Waals surface area contributed by atoms with Gasteiger partial charge in [-0.15, -0.1) is 0 Å². The molecule has 1 saturated heterocycles. The Morgan fingerprint density at radius 1 is 1.25 bits per heavy atom. The molecule has 0 spiro atoms. The molecular weight excluding hydrogens is 206 g/mol. The number of cyclic esters (lactones) is 2. The SMILES string of the molecule is Cc1cccc(CN2CC(=O)OC(=O)C2)c1. The first-order valence-corrected chi connectivity index (χ1v) is 5.15. The predicted octanol–water partition coefficient (Wildman–Crippen LogP) is 0.880. The van der Waals surface area contributed by atoms with E-state index in [1.54, 1.807) is 4.90 Å². The lowest BCUT2D eigenvalue weighted by Gasteiger charge is -2.24. The molecular formula is C12H13NO3. The van der Waals surface area contributed by atoms with E-state index >= 15 is 0 Å². The lowest BCUT2D eigenvalue weighted by atomic mass is 10.1. The van der Waals surface area contributed by atoms with Gasteiger partial charge in [-0.25, -0.2) is 0 Å². The molecule has 0 saturated carbocycles. The summed E-state index contributed by atoms with van der Waals surface area (Å²) in [6.45, 7) is 2.97. The summed E-state index contributed by atoms with van der Waals surface area (Å²) in [5, 5.41) is 0. The summed E-state index contributed by atoms with van der Waals surface area (Å²) >= 11 is 0. The van der Waals surface area contributed by atoms with Crippen molar-refractivity contribution in [2.75, 3.05) is 13.1 Å². The molecule has 0 amide bonds. The number of carbonyl (C=O) groups excluding carboxylic acids is 2. The number of esters is 2. The van der Waals surface area contributed by atoms with Gasteiger partial charge in [0.25, 0.3) is 0 Å². The van der Waals surface area contributed by atoms with E-state index in [0.29, 0.717) is 6.54 Å². The molecule has 0 aromatic heterocycles. The summed E-state index contributed by atoms with van der Waals surface area (Å²) in [7, 11) is 0. The monoisotopic (exact) mass is 219 g/mol. The van der Waals surface area contributed by atoms with Crippen molar-refractivity contribution in [1.29, 1.82) is 0 Å². The molecule has 0 aliphatic carbocycles. The van der Waals surface area contributed by atoms with Crippen LogP contribution < -0.4 is 0 Å². The molecule has 0 N–H and O–H groups in total. The molecule has 0 radical (unpaired) electrons. The average Bonchev–Trinajstić information content (AvgIpc) is 2.15. The molecule has 4 nitrogen and oxygen atoms in total. The van der Waals surface area contributed by atoms with Crippen LogP contribution in [-0.4, -0.2) is 29.9 Å². The first kappa shape index (κ1) is 10.8. The number of morpholine rings is 1. The Labute approximate surface area is 93.8 Å². The molecule has 1 heterocycles. The topological polar surface area (TPSA) is 46.6 Å². The van der Waals surface area contributed by atoms with Crippen molar-refractivity contribution in [3.05, 3.63) is 35.4 Å². The molecule has 0 unspecified atom stereocenters. The van der Waals surface area contributed by atoms with E-state index in [0.717, 1.165) is 5.56 Å². The van der Waals surface area contributed by atoms with E-state index in [1.807, 2.05) is 31.2 Å². The lowest BCUT2D eigenvalue weighted by molar-refractivity contribution is -0.167. The molecule has 0 bridgehead atoms. The zero-order valence-corrected chi connectivity index (χ0v) is 9.10. The first-order valence-electron chi connectivity index (χ1n) is 5.15. The van der Waals surface area contributed by atoms with Crippen LogP contribution in [0.5, 0.6) is 0 Å². The second-order valence-corrected chi connectivity index (χ2v) is 3.98. The van der Waals surface area contributed by atoms with Gasteiger partial charge >= 0.3 is 11.9 Å². The molecule has 0 atom stereocenters. The first-order chi connectivity index (χ1) is 7.63. The molecule has 84 valence electrons. The van der Waals surface area contributed by atoms with Gasteiger partial charge < -0.3 is 4.74 Å². The fourth-order valence-corrected chi connectivity index (χ4v) is 1.79. The largest absolute Gasteiger partial charge is 0.391 e. The highest BCUT2D eigenvalue weighted by molar-refractivity contribution is 5.90. The van der Waals surface area contributed by atoms with Crippen molar-refractivity contribution >= 4 is 11.9 Å². The van der Waals surface area contributed by atoms with Gasteiger partial charge in [-0.2, -0.15) is 0 Å². The number of benzene rings is 1. The van der Waals surface area contributed by atoms with Crippen LogP contribution in [-0.2, 0) is 20.9 Å². The van der Waals surface area contributed by atoms with Crippen LogP contribution in [0.2, 0.25) is 0 Å². The van der Waals surface area contributed by atoms with Gasteiger partial charge in [0.1, 0.15) is 0 Å². The Bertz CT molecular complexity index is 412. The quantitative estimate of drug-likeness (QED) is 0.547. The normalized spacial score (nSPS) is 17.3. The van der Waals surface area contributed by atoms with Gasteiger partial charge in [-0.1, -0.05) is 29.8 Å². The van der Waals surface area contributed by atoms with E-state index in [1.165, 1.54) is 5.56 Å². The fraction of sp³-hybridized carbons (Fsp3) is 0.333. The zero-order chi connectivity index (χ0) is 11.5. The Morgan fingerprint density at radius 3 is 2.56 bits per heavy atom. The standard InChI is InChI=1S/C12H13NO3/c1-9-3-2-4-10(5-9)6-13-7-11(14)16-12(15)8-13/h2-5H,6-8H2,1H3. The van der Waals surface area contributed by atoms with E-state index in [-0.39, 0.29) is 13.1 Å². The van der Waals surface area contributed by atoms with Gasteiger partial charge in [0.2, 0.25) is 0 Å². The smallest absolute Gasteiger partial charge is 0.327 e. The molecule has 1 aliphatic heterocycles. The zero-order valence-electron chi connectivity index (χ0n) is 9.10. The number of rotatable bonds is 2. The minimum absolute atomic E-state index is 0.180. The van der Waals surface area contributed by atoms with Gasteiger partial charge in [0.05, 0.1) is 13.1 Å². The van der Waals surface area contributed by atoms with Crippen molar-refractivity contribution in [3.8, 4) is 0 Å². The van der Waals surface area contributed by atoms with Gasteiger partial charge in [-0.3, -0.25) is 14.5 Å².